The second kappa shape index (κ2) is 9.30. The number of aromatic nitrogens is 3. The zero-order valence-corrected chi connectivity index (χ0v) is 20.3. The van der Waals surface area contributed by atoms with E-state index in [0.717, 1.165) is 30.2 Å². The van der Waals surface area contributed by atoms with Gasteiger partial charge in [0.25, 0.3) is 0 Å². The second-order valence-corrected chi connectivity index (χ2v) is 8.41. The van der Waals surface area contributed by atoms with E-state index < -0.39 is 11.9 Å². The van der Waals surface area contributed by atoms with Crippen molar-refractivity contribution in [3.8, 4) is 28.5 Å². The lowest BCUT2D eigenvalue weighted by Crippen LogP contribution is -2.25. The van der Waals surface area contributed by atoms with Gasteiger partial charge in [-0.05, 0) is 42.7 Å². The van der Waals surface area contributed by atoms with E-state index in [0.29, 0.717) is 17.3 Å². The largest absolute Gasteiger partial charge is 0.493 e. The van der Waals surface area contributed by atoms with Gasteiger partial charge in [-0.15, -0.1) is 5.10 Å². The minimum absolute atomic E-state index is 0.0310. The van der Waals surface area contributed by atoms with E-state index in [1.165, 1.54) is 33.5 Å². The number of benzene rings is 2. The van der Waals surface area contributed by atoms with Gasteiger partial charge < -0.3 is 19.1 Å². The number of rotatable bonds is 6. The lowest BCUT2D eigenvalue weighted by molar-refractivity contribution is -0.142. The van der Waals surface area contributed by atoms with Crippen LogP contribution in [0.25, 0.3) is 16.9 Å². The van der Waals surface area contributed by atoms with Crippen molar-refractivity contribution in [2.45, 2.75) is 19.0 Å². The fraction of sp³-hybridized carbons (Fsp3) is 0.269. The van der Waals surface area contributed by atoms with Crippen LogP contribution in [-0.2, 0) is 12.6 Å². The number of ether oxygens (including phenoxy) is 3. The van der Waals surface area contributed by atoms with E-state index in [2.05, 4.69) is 10.1 Å². The van der Waals surface area contributed by atoms with Gasteiger partial charge in [-0.25, -0.2) is 9.50 Å². The summed E-state index contributed by atoms with van der Waals surface area (Å²) in [5.41, 5.74) is 0.783. The molecule has 5 rings (SSSR count). The number of methoxy groups -OCH3 is 3. The Kier molecular flexibility index (Phi) is 6.14. The molecule has 0 bridgehead atoms. The zero-order chi connectivity index (χ0) is 26.3. The molecular formula is C26H23F3N4O4. The van der Waals surface area contributed by atoms with Crippen LogP contribution >= 0.6 is 0 Å². The van der Waals surface area contributed by atoms with Crippen LogP contribution in [0, 0.1) is 0 Å². The van der Waals surface area contributed by atoms with Gasteiger partial charge in [0, 0.05) is 17.8 Å². The highest BCUT2D eigenvalue weighted by atomic mass is 19.4. The molecule has 0 spiro atoms. The minimum Gasteiger partial charge on any atom is -0.493 e. The van der Waals surface area contributed by atoms with E-state index in [4.69, 9.17) is 14.2 Å². The first-order valence-electron chi connectivity index (χ1n) is 11.4. The standard InChI is InChI=1S/C26H23F3N4O4/c1-35-20-11-16(12-21(36-2)23(20)37-3)18-13-22(26(27,28)29)33-24(30-18)17(14-34)25(31-33)32-10-6-8-15-7-4-5-9-19(15)32/h4-5,7,9,11-14H,6,8,10H2,1-3H3. The number of alkyl halides is 3. The summed E-state index contributed by atoms with van der Waals surface area (Å²) in [7, 11) is 4.24. The van der Waals surface area contributed by atoms with Crippen LogP contribution in [0.3, 0.4) is 0 Å². The molecule has 2 aromatic heterocycles. The molecule has 1 aliphatic rings. The smallest absolute Gasteiger partial charge is 0.433 e. The van der Waals surface area contributed by atoms with E-state index >= 15 is 0 Å². The van der Waals surface area contributed by atoms with E-state index in [-0.39, 0.29) is 45.5 Å². The van der Waals surface area contributed by atoms with Gasteiger partial charge in [0.15, 0.2) is 34.9 Å². The van der Waals surface area contributed by atoms with Gasteiger partial charge in [-0.3, -0.25) is 4.79 Å². The van der Waals surface area contributed by atoms with Crippen LogP contribution in [0.4, 0.5) is 24.7 Å². The van der Waals surface area contributed by atoms with Crippen LogP contribution in [0.1, 0.15) is 28.0 Å². The van der Waals surface area contributed by atoms with Crippen molar-refractivity contribution in [3.05, 3.63) is 59.3 Å². The van der Waals surface area contributed by atoms with Crippen LogP contribution in [0.5, 0.6) is 17.2 Å². The first-order valence-corrected chi connectivity index (χ1v) is 11.4. The summed E-state index contributed by atoms with van der Waals surface area (Å²) in [5, 5.41) is 4.26. The highest BCUT2D eigenvalue weighted by Gasteiger charge is 2.37. The third-order valence-electron chi connectivity index (χ3n) is 6.34. The molecule has 0 N–H and O–H groups in total. The van der Waals surface area contributed by atoms with E-state index in [1.807, 2.05) is 24.3 Å². The predicted molar refractivity (Wildman–Crippen MR) is 130 cm³/mol. The Hall–Kier alpha value is -4.28. The highest BCUT2D eigenvalue weighted by molar-refractivity contribution is 5.94. The molecular weight excluding hydrogens is 489 g/mol. The molecule has 192 valence electrons. The number of fused-ring (bicyclic) bond motifs is 2. The Morgan fingerprint density at radius 3 is 2.32 bits per heavy atom. The van der Waals surface area contributed by atoms with E-state index in [9.17, 15) is 18.0 Å². The van der Waals surface area contributed by atoms with Crippen molar-refractivity contribution in [1.29, 1.82) is 0 Å². The number of carbonyl (C=O) groups is 1. The van der Waals surface area contributed by atoms with Gasteiger partial charge >= 0.3 is 6.18 Å². The number of aryl methyl sites for hydroxylation is 1. The molecule has 1 aliphatic heterocycles. The first kappa shape index (κ1) is 24.4. The van der Waals surface area contributed by atoms with Gasteiger partial charge in [0.1, 0.15) is 5.56 Å². The topological polar surface area (TPSA) is 78.2 Å². The summed E-state index contributed by atoms with van der Waals surface area (Å²) in [5.74, 6) is 0.917. The van der Waals surface area contributed by atoms with Crippen molar-refractivity contribution >= 4 is 23.4 Å². The number of hydrogen-bond acceptors (Lipinski definition) is 7. The minimum atomic E-state index is -4.78. The van der Waals surface area contributed by atoms with E-state index in [1.54, 1.807) is 4.90 Å². The fourth-order valence-electron chi connectivity index (χ4n) is 4.66. The number of aldehydes is 1. The Morgan fingerprint density at radius 1 is 1.00 bits per heavy atom. The SMILES string of the molecule is COc1cc(-c2cc(C(F)(F)F)n3nc(N4CCCc5ccccc54)c(C=O)c3n2)cc(OC)c1OC. The molecule has 0 amide bonds. The lowest BCUT2D eigenvalue weighted by Gasteiger charge is -2.29. The highest BCUT2D eigenvalue weighted by Crippen LogP contribution is 2.43. The molecule has 0 saturated heterocycles. The summed E-state index contributed by atoms with van der Waals surface area (Å²) in [4.78, 5) is 18.5. The number of carbonyl (C=O) groups excluding carboxylic acids is 1. The molecule has 8 nitrogen and oxygen atoms in total. The van der Waals surface area contributed by atoms with Crippen molar-refractivity contribution in [1.82, 2.24) is 14.6 Å². The zero-order valence-electron chi connectivity index (χ0n) is 20.3. The molecule has 3 heterocycles. The summed E-state index contributed by atoms with van der Waals surface area (Å²) < 4.78 is 59.6. The van der Waals surface area contributed by atoms with Crippen LogP contribution < -0.4 is 19.1 Å². The Labute approximate surface area is 210 Å². The van der Waals surface area contributed by atoms with Crippen molar-refractivity contribution in [2.75, 3.05) is 32.8 Å². The molecule has 0 aliphatic carbocycles. The predicted octanol–water partition coefficient (Wildman–Crippen LogP) is 5.34. The van der Waals surface area contributed by atoms with Gasteiger partial charge in [-0.1, -0.05) is 18.2 Å². The van der Waals surface area contributed by atoms with Crippen LogP contribution in [0.15, 0.2) is 42.5 Å². The number of anilines is 2. The van der Waals surface area contributed by atoms with Gasteiger partial charge in [-0.2, -0.15) is 13.2 Å². The monoisotopic (exact) mass is 512 g/mol. The molecule has 0 radical (unpaired) electrons. The van der Waals surface area contributed by atoms with Crippen LogP contribution in [-0.4, -0.2) is 48.8 Å². The molecule has 11 heteroatoms. The Morgan fingerprint density at radius 2 is 1.70 bits per heavy atom. The third-order valence-corrected chi connectivity index (χ3v) is 6.34. The maximum Gasteiger partial charge on any atom is 0.433 e. The van der Waals surface area contributed by atoms with Crippen molar-refractivity contribution < 1.29 is 32.2 Å². The molecule has 0 atom stereocenters. The second-order valence-electron chi connectivity index (χ2n) is 8.41. The molecule has 0 fully saturated rings. The molecule has 2 aromatic carbocycles. The number of halogens is 3. The normalized spacial score (nSPS) is 13.4. The Balaban J connectivity index is 1.77. The maximum atomic E-state index is 14.3. The third kappa shape index (κ3) is 4.09. The fourth-order valence-corrected chi connectivity index (χ4v) is 4.66. The average Bonchev–Trinajstić information content (AvgIpc) is 3.28. The Bertz CT molecular complexity index is 1470. The van der Waals surface area contributed by atoms with Gasteiger partial charge in [0.2, 0.25) is 5.75 Å². The molecule has 0 saturated carbocycles. The van der Waals surface area contributed by atoms with Gasteiger partial charge in [0.05, 0.1) is 27.0 Å². The molecule has 0 unspecified atom stereocenters. The number of para-hydroxylation sites is 1. The lowest BCUT2D eigenvalue weighted by atomic mass is 10.0. The summed E-state index contributed by atoms with van der Waals surface area (Å²) in [6.07, 6.45) is -2.69. The summed E-state index contributed by atoms with van der Waals surface area (Å²) >= 11 is 0. The van der Waals surface area contributed by atoms with Crippen molar-refractivity contribution in [3.63, 3.8) is 0 Å². The van der Waals surface area contributed by atoms with Crippen LogP contribution in [0.2, 0.25) is 0 Å². The number of nitrogens with zero attached hydrogens (tertiary/aromatic N) is 4. The average molecular weight is 512 g/mol. The van der Waals surface area contributed by atoms with Crippen molar-refractivity contribution in [2.24, 2.45) is 0 Å². The molecule has 4 aromatic rings. The molecule has 37 heavy (non-hydrogen) atoms. The quantitative estimate of drug-likeness (QED) is 0.323. The summed E-state index contributed by atoms with van der Waals surface area (Å²) in [6, 6.07) is 11.5. The number of hydrogen-bond donors (Lipinski definition) is 0. The first-order chi connectivity index (χ1) is 17.8. The summed E-state index contributed by atoms with van der Waals surface area (Å²) in [6.45, 7) is 0.503. The maximum absolute atomic E-state index is 14.3.